The number of nitrogens with zero attached hydrogens (tertiary/aromatic N) is 1. The number of aliphatic carboxylic acids is 1. The molecule has 0 aliphatic carbocycles. The smallest absolute Gasteiger partial charge is 0.303 e. The third-order valence-electron chi connectivity index (χ3n) is 2.50. The lowest BCUT2D eigenvalue weighted by Gasteiger charge is -2.06. The molecule has 0 aliphatic heterocycles. The van der Waals surface area contributed by atoms with Crippen molar-refractivity contribution >= 4 is 11.8 Å². The van der Waals surface area contributed by atoms with Gasteiger partial charge in [0.15, 0.2) is 0 Å². The number of aromatic amines is 1. The zero-order valence-electron chi connectivity index (χ0n) is 10.5. The van der Waals surface area contributed by atoms with Crippen molar-refractivity contribution in [2.45, 2.75) is 39.0 Å². The molecule has 1 heterocycles. The number of rotatable bonds is 8. The van der Waals surface area contributed by atoms with E-state index in [9.17, 15) is 9.59 Å². The Hall–Kier alpha value is -1.85. The van der Waals surface area contributed by atoms with Gasteiger partial charge in [-0.3, -0.25) is 9.59 Å². The fourth-order valence-electron chi connectivity index (χ4n) is 1.56. The number of H-pyrrole nitrogens is 1. The summed E-state index contributed by atoms with van der Waals surface area (Å²) in [5.41, 5.74) is -0.157. The molecule has 0 aromatic carbocycles. The van der Waals surface area contributed by atoms with Crippen LogP contribution in [0.1, 0.15) is 38.4 Å². The summed E-state index contributed by atoms with van der Waals surface area (Å²) in [6, 6.07) is 1.43. The van der Waals surface area contributed by atoms with Gasteiger partial charge in [0.2, 0.25) is 0 Å². The Bertz CT molecular complexity index is 442. The van der Waals surface area contributed by atoms with Crippen LogP contribution >= 0.6 is 0 Å². The summed E-state index contributed by atoms with van der Waals surface area (Å²) in [5, 5.41) is 11.5. The van der Waals surface area contributed by atoms with Gasteiger partial charge in [-0.15, -0.1) is 0 Å². The van der Waals surface area contributed by atoms with Crippen LogP contribution in [0.3, 0.4) is 0 Å². The van der Waals surface area contributed by atoms with Gasteiger partial charge >= 0.3 is 5.97 Å². The van der Waals surface area contributed by atoms with Gasteiger partial charge in [-0.2, -0.15) is 0 Å². The monoisotopic (exact) mass is 253 g/mol. The molecule has 6 heteroatoms. The van der Waals surface area contributed by atoms with Crippen LogP contribution < -0.4 is 10.9 Å². The summed E-state index contributed by atoms with van der Waals surface area (Å²) in [6.45, 7) is 2.62. The molecule has 0 amide bonds. The van der Waals surface area contributed by atoms with E-state index in [1.54, 1.807) is 0 Å². The van der Waals surface area contributed by atoms with Crippen LogP contribution in [0.5, 0.6) is 0 Å². The van der Waals surface area contributed by atoms with E-state index in [2.05, 4.69) is 15.3 Å². The Morgan fingerprint density at radius 2 is 2.22 bits per heavy atom. The Labute approximate surface area is 105 Å². The Kier molecular flexibility index (Phi) is 5.90. The van der Waals surface area contributed by atoms with Crippen molar-refractivity contribution in [1.29, 1.82) is 0 Å². The first-order valence-electron chi connectivity index (χ1n) is 6.17. The summed E-state index contributed by atoms with van der Waals surface area (Å²) in [6.07, 6.45) is 3.29. The second kappa shape index (κ2) is 7.47. The first-order chi connectivity index (χ1) is 8.61. The number of hydrogen-bond donors (Lipinski definition) is 3. The Morgan fingerprint density at radius 3 is 2.89 bits per heavy atom. The summed E-state index contributed by atoms with van der Waals surface area (Å²) in [4.78, 5) is 28.5. The lowest BCUT2D eigenvalue weighted by atomic mass is 10.2. The highest BCUT2D eigenvalue weighted by Gasteiger charge is 2.00. The average Bonchev–Trinajstić information content (AvgIpc) is 2.32. The van der Waals surface area contributed by atoms with Gasteiger partial charge in [-0.1, -0.05) is 13.3 Å². The molecule has 100 valence electrons. The number of carboxylic acids is 1. The molecule has 0 atom stereocenters. The second-order valence-corrected chi connectivity index (χ2v) is 4.06. The molecule has 0 spiro atoms. The highest BCUT2D eigenvalue weighted by molar-refractivity contribution is 5.66. The fraction of sp³-hybridized carbons (Fsp3) is 0.583. The van der Waals surface area contributed by atoms with Crippen molar-refractivity contribution in [3.63, 3.8) is 0 Å². The SMILES string of the molecule is CCc1nc(NCCCCCC(=O)O)cc(=O)[nH]1. The van der Waals surface area contributed by atoms with E-state index in [-0.39, 0.29) is 12.0 Å². The maximum absolute atomic E-state index is 11.3. The summed E-state index contributed by atoms with van der Waals surface area (Å²) in [7, 11) is 0. The maximum atomic E-state index is 11.3. The third-order valence-corrected chi connectivity index (χ3v) is 2.50. The van der Waals surface area contributed by atoms with Crippen molar-refractivity contribution < 1.29 is 9.90 Å². The molecule has 1 aromatic rings. The van der Waals surface area contributed by atoms with Crippen LogP contribution in [0.25, 0.3) is 0 Å². The van der Waals surface area contributed by atoms with Crippen LogP contribution in [0.15, 0.2) is 10.9 Å². The predicted octanol–water partition coefficient (Wildman–Crippen LogP) is 1.39. The quantitative estimate of drug-likeness (QED) is 0.608. The minimum absolute atomic E-state index is 0.157. The number of unbranched alkanes of at least 4 members (excludes halogenated alkanes) is 2. The molecule has 6 nitrogen and oxygen atoms in total. The predicted molar refractivity (Wildman–Crippen MR) is 68.8 cm³/mol. The van der Waals surface area contributed by atoms with Gasteiger partial charge in [0.1, 0.15) is 11.6 Å². The standard InChI is InChI=1S/C12H19N3O3/c1-2-9-14-10(8-11(16)15-9)13-7-5-3-4-6-12(17)18/h8H,2-7H2,1H3,(H,17,18)(H2,13,14,15,16). The van der Waals surface area contributed by atoms with Gasteiger partial charge in [-0.05, 0) is 12.8 Å². The van der Waals surface area contributed by atoms with E-state index in [0.29, 0.717) is 31.0 Å². The lowest BCUT2D eigenvalue weighted by molar-refractivity contribution is -0.137. The van der Waals surface area contributed by atoms with Crippen LogP contribution in [0, 0.1) is 0 Å². The molecule has 0 saturated carbocycles. The van der Waals surface area contributed by atoms with Crippen molar-refractivity contribution in [3.8, 4) is 0 Å². The highest BCUT2D eigenvalue weighted by atomic mass is 16.4. The van der Waals surface area contributed by atoms with Crippen LogP contribution in [-0.2, 0) is 11.2 Å². The Morgan fingerprint density at radius 1 is 1.44 bits per heavy atom. The number of aryl methyl sites for hydroxylation is 1. The molecule has 0 radical (unpaired) electrons. The van der Waals surface area contributed by atoms with Gasteiger partial charge in [0.25, 0.3) is 5.56 Å². The van der Waals surface area contributed by atoms with E-state index in [0.717, 1.165) is 12.8 Å². The molecule has 0 fully saturated rings. The summed E-state index contributed by atoms with van der Waals surface area (Å²) < 4.78 is 0. The van der Waals surface area contributed by atoms with Crippen molar-refractivity contribution in [3.05, 3.63) is 22.2 Å². The first-order valence-corrected chi connectivity index (χ1v) is 6.17. The zero-order valence-corrected chi connectivity index (χ0v) is 10.5. The summed E-state index contributed by atoms with van der Waals surface area (Å²) in [5.74, 6) is 0.483. The Balaban J connectivity index is 2.29. The number of aromatic nitrogens is 2. The largest absolute Gasteiger partial charge is 0.481 e. The number of nitrogens with one attached hydrogen (secondary N) is 2. The number of carbonyl (C=O) groups is 1. The van der Waals surface area contributed by atoms with Crippen molar-refractivity contribution in [1.82, 2.24) is 9.97 Å². The fourth-order valence-corrected chi connectivity index (χ4v) is 1.56. The minimum Gasteiger partial charge on any atom is -0.481 e. The molecule has 1 rings (SSSR count). The van der Waals surface area contributed by atoms with E-state index in [4.69, 9.17) is 5.11 Å². The molecule has 0 saturated heterocycles. The third kappa shape index (κ3) is 5.47. The molecule has 0 aliphatic rings. The number of carboxylic acid groups (broad SMARTS) is 1. The van der Waals surface area contributed by atoms with E-state index >= 15 is 0 Å². The molecule has 0 bridgehead atoms. The molecular weight excluding hydrogens is 234 g/mol. The molecule has 3 N–H and O–H groups in total. The average molecular weight is 253 g/mol. The topological polar surface area (TPSA) is 95.1 Å². The van der Waals surface area contributed by atoms with Crippen molar-refractivity contribution in [2.75, 3.05) is 11.9 Å². The van der Waals surface area contributed by atoms with E-state index in [1.807, 2.05) is 6.92 Å². The zero-order chi connectivity index (χ0) is 13.4. The van der Waals surface area contributed by atoms with Crippen molar-refractivity contribution in [2.24, 2.45) is 0 Å². The lowest BCUT2D eigenvalue weighted by Crippen LogP contribution is -2.13. The first kappa shape index (κ1) is 14.2. The molecule has 0 unspecified atom stereocenters. The molecular formula is C12H19N3O3. The van der Waals surface area contributed by atoms with Gasteiger partial charge in [-0.25, -0.2) is 4.98 Å². The van der Waals surface area contributed by atoms with Crippen LogP contribution in [0.2, 0.25) is 0 Å². The normalized spacial score (nSPS) is 10.3. The van der Waals surface area contributed by atoms with Gasteiger partial charge in [0.05, 0.1) is 0 Å². The second-order valence-electron chi connectivity index (χ2n) is 4.06. The molecule has 1 aromatic heterocycles. The highest BCUT2D eigenvalue weighted by Crippen LogP contribution is 2.03. The van der Waals surface area contributed by atoms with Gasteiger partial charge in [0, 0.05) is 25.5 Å². The summed E-state index contributed by atoms with van der Waals surface area (Å²) >= 11 is 0. The minimum atomic E-state index is -0.758. The molecule has 18 heavy (non-hydrogen) atoms. The van der Waals surface area contributed by atoms with Gasteiger partial charge < -0.3 is 15.4 Å². The number of anilines is 1. The van der Waals surface area contributed by atoms with E-state index < -0.39 is 5.97 Å². The van der Waals surface area contributed by atoms with E-state index in [1.165, 1.54) is 6.07 Å². The van der Waals surface area contributed by atoms with Crippen LogP contribution in [0.4, 0.5) is 5.82 Å². The number of hydrogen-bond acceptors (Lipinski definition) is 4. The van der Waals surface area contributed by atoms with Crippen LogP contribution in [-0.4, -0.2) is 27.6 Å². The maximum Gasteiger partial charge on any atom is 0.303 e.